The van der Waals surface area contributed by atoms with E-state index >= 15 is 0 Å². The number of hydrogen-bond donors (Lipinski definition) is 1. The third kappa shape index (κ3) is 3.01. The van der Waals surface area contributed by atoms with Crippen molar-refractivity contribution in [1.82, 2.24) is 5.32 Å². The van der Waals surface area contributed by atoms with Crippen molar-refractivity contribution in [3.8, 4) is 0 Å². The van der Waals surface area contributed by atoms with Crippen molar-refractivity contribution in [2.24, 2.45) is 0 Å². The van der Waals surface area contributed by atoms with Crippen LogP contribution in [0.3, 0.4) is 0 Å². The summed E-state index contributed by atoms with van der Waals surface area (Å²) in [7, 11) is 1.56. The van der Waals surface area contributed by atoms with Crippen LogP contribution < -0.4 is 5.32 Å². The number of likely N-dealkylation sites (N-methyl/N-ethyl adjacent to an activating group) is 1. The molecule has 17 heavy (non-hydrogen) atoms. The first-order chi connectivity index (χ1) is 7.94. The molecule has 0 amide bonds. The lowest BCUT2D eigenvalue weighted by Gasteiger charge is -2.34. The molecule has 0 fully saturated rings. The highest BCUT2D eigenvalue weighted by Crippen LogP contribution is 2.30. The van der Waals surface area contributed by atoms with Gasteiger partial charge < -0.3 is 10.1 Å². The van der Waals surface area contributed by atoms with Gasteiger partial charge in [0.25, 0.3) is 0 Å². The van der Waals surface area contributed by atoms with Gasteiger partial charge in [0.05, 0.1) is 11.6 Å². The molecule has 0 saturated heterocycles. The van der Waals surface area contributed by atoms with Crippen molar-refractivity contribution in [3.63, 3.8) is 0 Å². The standard InChI is InChI=1S/C13H19F2NO/c1-5-16-12(13(2,3)17-4)9-7-6-8-10(14)11(9)15/h6-8,12,16H,5H2,1-4H3. The zero-order valence-electron chi connectivity index (χ0n) is 10.7. The molecule has 1 rings (SSSR count). The van der Waals surface area contributed by atoms with E-state index in [0.717, 1.165) is 6.07 Å². The van der Waals surface area contributed by atoms with E-state index in [9.17, 15) is 8.78 Å². The number of methoxy groups -OCH3 is 1. The normalized spacial score (nSPS) is 13.8. The molecule has 0 heterocycles. The molecule has 1 unspecified atom stereocenters. The van der Waals surface area contributed by atoms with Crippen LogP contribution in [0.2, 0.25) is 0 Å². The first-order valence-corrected chi connectivity index (χ1v) is 5.66. The minimum absolute atomic E-state index is 0.290. The van der Waals surface area contributed by atoms with Crippen LogP contribution in [0, 0.1) is 11.6 Å². The molecule has 1 aromatic carbocycles. The maximum absolute atomic E-state index is 13.8. The van der Waals surface area contributed by atoms with Gasteiger partial charge in [0.2, 0.25) is 0 Å². The second-order valence-electron chi connectivity index (χ2n) is 4.44. The zero-order valence-corrected chi connectivity index (χ0v) is 10.7. The maximum atomic E-state index is 13.8. The van der Waals surface area contributed by atoms with Crippen molar-refractivity contribution >= 4 is 0 Å². The van der Waals surface area contributed by atoms with Crippen LogP contribution in [-0.4, -0.2) is 19.3 Å². The summed E-state index contributed by atoms with van der Waals surface area (Å²) in [6.45, 7) is 6.23. The van der Waals surface area contributed by atoms with Gasteiger partial charge in [-0.1, -0.05) is 19.1 Å². The Morgan fingerprint density at radius 3 is 2.53 bits per heavy atom. The molecular formula is C13H19F2NO. The quantitative estimate of drug-likeness (QED) is 0.858. The van der Waals surface area contributed by atoms with Gasteiger partial charge in [0.1, 0.15) is 0 Å². The summed E-state index contributed by atoms with van der Waals surface area (Å²) in [6, 6.07) is 3.80. The van der Waals surface area contributed by atoms with Gasteiger partial charge in [-0.15, -0.1) is 0 Å². The van der Waals surface area contributed by atoms with E-state index in [-0.39, 0.29) is 0 Å². The number of rotatable bonds is 5. The largest absolute Gasteiger partial charge is 0.377 e. The van der Waals surface area contributed by atoms with Crippen molar-refractivity contribution < 1.29 is 13.5 Å². The van der Waals surface area contributed by atoms with Crippen molar-refractivity contribution in [2.45, 2.75) is 32.4 Å². The fourth-order valence-corrected chi connectivity index (χ4v) is 1.80. The molecule has 0 aliphatic rings. The highest BCUT2D eigenvalue weighted by molar-refractivity contribution is 5.25. The summed E-state index contributed by atoms with van der Waals surface area (Å²) in [5, 5.41) is 3.13. The fourth-order valence-electron chi connectivity index (χ4n) is 1.80. The third-order valence-electron chi connectivity index (χ3n) is 2.92. The summed E-state index contributed by atoms with van der Waals surface area (Å²) in [5.74, 6) is -1.65. The molecule has 0 bridgehead atoms. The molecule has 2 nitrogen and oxygen atoms in total. The van der Waals surface area contributed by atoms with E-state index < -0.39 is 23.3 Å². The Morgan fingerprint density at radius 1 is 1.35 bits per heavy atom. The smallest absolute Gasteiger partial charge is 0.163 e. The highest BCUT2D eigenvalue weighted by Gasteiger charge is 2.32. The number of ether oxygens (including phenoxy) is 1. The van der Waals surface area contributed by atoms with E-state index in [0.29, 0.717) is 12.1 Å². The molecule has 96 valence electrons. The summed E-state index contributed by atoms with van der Waals surface area (Å²) >= 11 is 0. The average molecular weight is 243 g/mol. The summed E-state index contributed by atoms with van der Waals surface area (Å²) in [4.78, 5) is 0. The molecule has 1 aromatic rings. The van der Waals surface area contributed by atoms with Gasteiger partial charge in [0, 0.05) is 12.7 Å². The molecule has 1 N–H and O–H groups in total. The van der Waals surface area contributed by atoms with E-state index in [1.165, 1.54) is 6.07 Å². The van der Waals surface area contributed by atoms with Crippen LogP contribution >= 0.6 is 0 Å². The lowest BCUT2D eigenvalue weighted by atomic mass is 9.91. The van der Waals surface area contributed by atoms with Gasteiger partial charge in [-0.25, -0.2) is 8.78 Å². The minimum Gasteiger partial charge on any atom is -0.377 e. The Hall–Kier alpha value is -1.00. The molecular weight excluding hydrogens is 224 g/mol. The molecule has 4 heteroatoms. The van der Waals surface area contributed by atoms with E-state index in [1.54, 1.807) is 13.2 Å². The Bertz CT molecular complexity index is 380. The summed E-state index contributed by atoms with van der Waals surface area (Å²) < 4.78 is 32.3. The van der Waals surface area contributed by atoms with Gasteiger partial charge >= 0.3 is 0 Å². The number of benzene rings is 1. The first-order valence-electron chi connectivity index (χ1n) is 5.66. The van der Waals surface area contributed by atoms with Crippen molar-refractivity contribution in [2.75, 3.05) is 13.7 Å². The van der Waals surface area contributed by atoms with Crippen molar-refractivity contribution in [3.05, 3.63) is 35.4 Å². The second-order valence-corrected chi connectivity index (χ2v) is 4.44. The molecule has 0 aromatic heterocycles. The Morgan fingerprint density at radius 2 is 2.00 bits per heavy atom. The van der Waals surface area contributed by atoms with Crippen LogP contribution in [-0.2, 0) is 4.74 Å². The van der Waals surface area contributed by atoms with Crippen LogP contribution in [0.4, 0.5) is 8.78 Å². The van der Waals surface area contributed by atoms with Gasteiger partial charge in [-0.05, 0) is 26.5 Å². The Kier molecular flexibility index (Phi) is 4.60. The molecule has 0 spiro atoms. The van der Waals surface area contributed by atoms with E-state index in [1.807, 2.05) is 20.8 Å². The monoisotopic (exact) mass is 243 g/mol. The molecule has 0 radical (unpaired) electrons. The lowest BCUT2D eigenvalue weighted by Crippen LogP contribution is -2.41. The average Bonchev–Trinajstić information content (AvgIpc) is 2.30. The maximum Gasteiger partial charge on any atom is 0.163 e. The van der Waals surface area contributed by atoms with E-state index in [4.69, 9.17) is 4.74 Å². The van der Waals surface area contributed by atoms with Gasteiger partial charge in [-0.2, -0.15) is 0 Å². The number of halogens is 2. The van der Waals surface area contributed by atoms with Gasteiger partial charge in [0.15, 0.2) is 11.6 Å². The fraction of sp³-hybridized carbons (Fsp3) is 0.538. The Labute approximate surface area is 101 Å². The summed E-state index contributed by atoms with van der Waals surface area (Å²) in [5.41, 5.74) is -0.330. The topological polar surface area (TPSA) is 21.3 Å². The third-order valence-corrected chi connectivity index (χ3v) is 2.92. The number of nitrogens with one attached hydrogen (secondary N) is 1. The molecule has 0 aliphatic heterocycles. The zero-order chi connectivity index (χ0) is 13.1. The predicted molar refractivity (Wildman–Crippen MR) is 63.9 cm³/mol. The Balaban J connectivity index is 3.18. The highest BCUT2D eigenvalue weighted by atomic mass is 19.2. The summed E-state index contributed by atoms with van der Waals surface area (Å²) in [6.07, 6.45) is 0. The molecule has 0 aliphatic carbocycles. The lowest BCUT2D eigenvalue weighted by molar-refractivity contribution is -0.0117. The first kappa shape index (κ1) is 14.1. The molecule has 0 saturated carbocycles. The van der Waals surface area contributed by atoms with Gasteiger partial charge in [-0.3, -0.25) is 0 Å². The second kappa shape index (κ2) is 5.56. The SMILES string of the molecule is CCNC(c1cccc(F)c1F)C(C)(C)OC. The predicted octanol–water partition coefficient (Wildman–Crippen LogP) is 3.04. The van der Waals surface area contributed by atoms with Crippen molar-refractivity contribution in [1.29, 1.82) is 0 Å². The number of hydrogen-bond acceptors (Lipinski definition) is 2. The van der Waals surface area contributed by atoms with Crippen LogP contribution in [0.25, 0.3) is 0 Å². The van der Waals surface area contributed by atoms with Crippen LogP contribution in [0.5, 0.6) is 0 Å². The molecule has 1 atom stereocenters. The van der Waals surface area contributed by atoms with E-state index in [2.05, 4.69) is 5.32 Å². The minimum atomic E-state index is -0.836. The van der Waals surface area contributed by atoms with Crippen LogP contribution in [0.1, 0.15) is 32.4 Å². The van der Waals surface area contributed by atoms with Crippen LogP contribution in [0.15, 0.2) is 18.2 Å².